The molecule has 2 heterocycles. The van der Waals surface area contributed by atoms with E-state index in [1.165, 1.54) is 0 Å². The van der Waals surface area contributed by atoms with E-state index in [4.69, 9.17) is 14.2 Å². The van der Waals surface area contributed by atoms with E-state index in [1.54, 1.807) is 7.11 Å². The summed E-state index contributed by atoms with van der Waals surface area (Å²) in [5.41, 5.74) is 4.71. The highest BCUT2D eigenvalue weighted by atomic mass is 16.6. The molecule has 37 heavy (non-hydrogen) atoms. The number of carbonyl (C=O) groups excluding carboxylic acids is 1. The first-order valence-electron chi connectivity index (χ1n) is 12.2. The second kappa shape index (κ2) is 7.87. The number of methoxy groups -OCH3 is 1. The minimum atomic E-state index is -1.09. The molecule has 0 aromatic heterocycles. The molecular weight excluding hydrogens is 462 g/mol. The summed E-state index contributed by atoms with van der Waals surface area (Å²) in [5, 5.41) is 5.53. The highest BCUT2D eigenvalue weighted by molar-refractivity contribution is 5.99. The molecule has 1 atom stereocenters. The van der Waals surface area contributed by atoms with Crippen molar-refractivity contribution in [2.24, 2.45) is 0 Å². The lowest BCUT2D eigenvalue weighted by atomic mass is 9.76. The van der Waals surface area contributed by atoms with E-state index < -0.39 is 5.60 Å². The molecule has 1 unspecified atom stereocenters. The third kappa shape index (κ3) is 3.01. The summed E-state index contributed by atoms with van der Waals surface area (Å²) in [5.74, 6) is 1.86. The fourth-order valence-corrected chi connectivity index (χ4v) is 5.56. The van der Waals surface area contributed by atoms with Gasteiger partial charge in [0.15, 0.2) is 5.60 Å². The van der Waals surface area contributed by atoms with Crippen molar-refractivity contribution in [2.75, 3.05) is 12.4 Å². The van der Waals surface area contributed by atoms with Gasteiger partial charge in [-0.05, 0) is 60.8 Å². The highest BCUT2D eigenvalue weighted by Gasteiger charge is 2.54. The summed E-state index contributed by atoms with van der Waals surface area (Å²) >= 11 is 0. The summed E-state index contributed by atoms with van der Waals surface area (Å²) in [6, 6.07) is 31.6. The van der Waals surface area contributed by atoms with Crippen LogP contribution in [0, 0.1) is 6.92 Å². The quantitative estimate of drug-likeness (QED) is 0.269. The molecule has 0 saturated heterocycles. The van der Waals surface area contributed by atoms with Gasteiger partial charge in [-0.3, -0.25) is 0 Å². The van der Waals surface area contributed by atoms with Crippen LogP contribution in [0.25, 0.3) is 10.8 Å². The van der Waals surface area contributed by atoms with Crippen LogP contribution in [0.1, 0.15) is 32.6 Å². The van der Waals surface area contributed by atoms with Gasteiger partial charge in [0, 0.05) is 39.0 Å². The van der Waals surface area contributed by atoms with E-state index in [0.29, 0.717) is 17.1 Å². The lowest BCUT2D eigenvalue weighted by molar-refractivity contribution is 0.0225. The van der Waals surface area contributed by atoms with Crippen LogP contribution >= 0.6 is 0 Å². The average molecular weight is 486 g/mol. The number of carbonyl (C=O) groups is 1. The van der Waals surface area contributed by atoms with Gasteiger partial charge < -0.3 is 19.5 Å². The lowest BCUT2D eigenvalue weighted by Crippen LogP contribution is -2.33. The van der Waals surface area contributed by atoms with Gasteiger partial charge in [0.25, 0.3) is 0 Å². The van der Waals surface area contributed by atoms with Gasteiger partial charge in [-0.15, -0.1) is 0 Å². The van der Waals surface area contributed by atoms with Crippen LogP contribution in [0.15, 0.2) is 97.1 Å². The van der Waals surface area contributed by atoms with Gasteiger partial charge >= 0.3 is 5.97 Å². The van der Waals surface area contributed by atoms with Gasteiger partial charge in [0.2, 0.25) is 0 Å². The first kappa shape index (κ1) is 21.5. The molecule has 0 aliphatic carbocycles. The van der Waals surface area contributed by atoms with Crippen LogP contribution in [-0.4, -0.2) is 13.1 Å². The van der Waals surface area contributed by atoms with Crippen LogP contribution in [0.3, 0.4) is 0 Å². The Hall–Kier alpha value is -4.77. The molecule has 5 nitrogen and oxygen atoms in total. The van der Waals surface area contributed by atoms with Crippen molar-refractivity contribution in [2.45, 2.75) is 12.5 Å². The molecular formula is C32H23NO4. The normalized spacial score (nSPS) is 17.0. The van der Waals surface area contributed by atoms with E-state index in [1.807, 2.05) is 91.9 Å². The molecule has 7 rings (SSSR count). The molecule has 1 spiro atoms. The Kier molecular flexibility index (Phi) is 4.57. The molecule has 5 heteroatoms. The maximum atomic E-state index is 13.2. The van der Waals surface area contributed by atoms with Crippen molar-refractivity contribution in [1.29, 1.82) is 0 Å². The molecule has 2 aliphatic heterocycles. The van der Waals surface area contributed by atoms with Gasteiger partial charge in [0.1, 0.15) is 17.2 Å². The number of fused-ring (bicyclic) bond motifs is 8. The largest absolute Gasteiger partial charge is 0.497 e. The Morgan fingerprint density at radius 1 is 0.757 bits per heavy atom. The Morgan fingerprint density at radius 3 is 2.32 bits per heavy atom. The summed E-state index contributed by atoms with van der Waals surface area (Å²) in [4.78, 5) is 13.2. The van der Waals surface area contributed by atoms with Gasteiger partial charge in [0.05, 0.1) is 12.7 Å². The SMILES string of the molecule is COc1ccc(Nc2ccc3c(c2C)Oc2c(ccc4ccccc24)C32OC(=O)c3ccccc32)cc1. The maximum absolute atomic E-state index is 13.2. The predicted molar refractivity (Wildman–Crippen MR) is 143 cm³/mol. The van der Waals surface area contributed by atoms with Crippen LogP contribution < -0.4 is 14.8 Å². The fraction of sp³-hybridized carbons (Fsp3) is 0.0938. The highest BCUT2D eigenvalue weighted by Crippen LogP contribution is 2.58. The number of benzene rings is 5. The van der Waals surface area contributed by atoms with Crippen LogP contribution in [0.4, 0.5) is 11.4 Å². The average Bonchev–Trinajstić information content (AvgIpc) is 3.23. The van der Waals surface area contributed by atoms with E-state index in [-0.39, 0.29) is 5.97 Å². The third-order valence-electron chi connectivity index (χ3n) is 7.39. The Labute approximate surface area is 214 Å². The molecule has 5 aromatic carbocycles. The number of anilines is 2. The Bertz CT molecular complexity index is 1720. The number of nitrogens with one attached hydrogen (secondary N) is 1. The van der Waals surface area contributed by atoms with E-state index in [9.17, 15) is 4.79 Å². The zero-order valence-corrected chi connectivity index (χ0v) is 20.4. The van der Waals surface area contributed by atoms with Crippen molar-refractivity contribution in [3.63, 3.8) is 0 Å². The number of hydrogen-bond donors (Lipinski definition) is 1. The third-order valence-corrected chi connectivity index (χ3v) is 7.39. The molecule has 0 fully saturated rings. The number of ether oxygens (including phenoxy) is 3. The van der Waals surface area contributed by atoms with Crippen molar-refractivity contribution in [1.82, 2.24) is 0 Å². The van der Waals surface area contributed by atoms with Gasteiger partial charge in [-0.1, -0.05) is 48.5 Å². The standard InChI is InChI=1S/C32H23NO4/c1-19-28(33-21-12-14-22(35-2)15-13-21)18-17-26-29(19)36-30-23-8-4-3-7-20(23)11-16-27(30)32(26)25-10-6-5-9-24(25)31(34)37-32/h3-18,33H,1-2H3. The van der Waals surface area contributed by atoms with Crippen LogP contribution in [-0.2, 0) is 10.3 Å². The fourth-order valence-electron chi connectivity index (χ4n) is 5.56. The second-order valence-corrected chi connectivity index (χ2v) is 9.35. The molecule has 5 aromatic rings. The first-order chi connectivity index (χ1) is 18.1. The van der Waals surface area contributed by atoms with Crippen molar-refractivity contribution in [3.8, 4) is 17.2 Å². The van der Waals surface area contributed by atoms with Crippen molar-refractivity contribution >= 4 is 28.1 Å². The molecule has 0 amide bonds. The minimum absolute atomic E-state index is 0.333. The second-order valence-electron chi connectivity index (χ2n) is 9.35. The van der Waals surface area contributed by atoms with Crippen molar-refractivity contribution < 1.29 is 19.0 Å². The number of hydrogen-bond acceptors (Lipinski definition) is 5. The van der Waals surface area contributed by atoms with Gasteiger partial charge in [-0.2, -0.15) is 0 Å². The lowest BCUT2D eigenvalue weighted by Gasteiger charge is -2.38. The monoisotopic (exact) mass is 485 g/mol. The zero-order valence-electron chi connectivity index (χ0n) is 20.4. The predicted octanol–water partition coefficient (Wildman–Crippen LogP) is 7.47. The maximum Gasteiger partial charge on any atom is 0.340 e. The topological polar surface area (TPSA) is 56.8 Å². The van der Waals surface area contributed by atoms with E-state index in [2.05, 4.69) is 17.4 Å². The summed E-state index contributed by atoms with van der Waals surface area (Å²) in [6.45, 7) is 2.02. The smallest absolute Gasteiger partial charge is 0.340 e. The number of rotatable bonds is 3. The minimum Gasteiger partial charge on any atom is -0.497 e. The molecule has 0 radical (unpaired) electrons. The molecule has 0 saturated carbocycles. The Morgan fingerprint density at radius 2 is 1.49 bits per heavy atom. The summed E-state index contributed by atoms with van der Waals surface area (Å²) in [6.07, 6.45) is 0. The molecule has 180 valence electrons. The van der Waals surface area contributed by atoms with Crippen molar-refractivity contribution in [3.05, 3.63) is 125 Å². The summed E-state index contributed by atoms with van der Waals surface area (Å²) in [7, 11) is 1.65. The van der Waals surface area contributed by atoms with Crippen LogP contribution in [0.2, 0.25) is 0 Å². The number of esters is 1. The molecule has 2 aliphatic rings. The first-order valence-corrected chi connectivity index (χ1v) is 12.2. The van der Waals surface area contributed by atoms with Crippen LogP contribution in [0.5, 0.6) is 17.2 Å². The van der Waals surface area contributed by atoms with Gasteiger partial charge in [-0.25, -0.2) is 4.79 Å². The van der Waals surface area contributed by atoms with E-state index >= 15 is 0 Å². The zero-order chi connectivity index (χ0) is 25.1. The molecule has 0 bridgehead atoms. The molecule has 1 N–H and O–H groups in total. The summed E-state index contributed by atoms with van der Waals surface area (Å²) < 4.78 is 18.4. The van der Waals surface area contributed by atoms with E-state index in [0.717, 1.165) is 50.2 Å². The Balaban J connectivity index is 1.47.